The lowest BCUT2D eigenvalue weighted by Crippen LogP contribution is -2.43. The molecule has 0 saturated carbocycles. The van der Waals surface area contributed by atoms with Gasteiger partial charge in [0.05, 0.1) is 0 Å². The average Bonchev–Trinajstić information content (AvgIpc) is 2.40. The van der Waals surface area contributed by atoms with Crippen LogP contribution in [0, 0.1) is 5.92 Å². The van der Waals surface area contributed by atoms with E-state index in [1.807, 2.05) is 11.8 Å². The molecule has 1 aliphatic rings. The van der Waals surface area contributed by atoms with Gasteiger partial charge in [-0.05, 0) is 25.7 Å². The van der Waals surface area contributed by atoms with E-state index in [0.29, 0.717) is 11.7 Å². The van der Waals surface area contributed by atoms with Crippen LogP contribution in [-0.2, 0) is 6.18 Å². The van der Waals surface area contributed by atoms with Crippen LogP contribution in [-0.4, -0.2) is 29.6 Å². The molecule has 2 atom stereocenters. The van der Waals surface area contributed by atoms with Crippen LogP contribution in [0.5, 0.6) is 0 Å². The maximum absolute atomic E-state index is 12.9. The van der Waals surface area contributed by atoms with Gasteiger partial charge >= 0.3 is 6.18 Å². The Morgan fingerprint density at radius 3 is 2.60 bits per heavy atom. The second-order valence-corrected chi connectivity index (χ2v) is 5.24. The summed E-state index contributed by atoms with van der Waals surface area (Å²) in [5, 5.41) is 2.67. The molecule has 0 bridgehead atoms. The molecule has 0 aliphatic carbocycles. The first-order valence-electron chi connectivity index (χ1n) is 6.73. The van der Waals surface area contributed by atoms with Gasteiger partial charge in [-0.2, -0.15) is 13.2 Å². The van der Waals surface area contributed by atoms with E-state index in [4.69, 9.17) is 0 Å². The van der Waals surface area contributed by atoms with Crippen molar-refractivity contribution in [3.8, 4) is 0 Å². The molecule has 0 amide bonds. The van der Waals surface area contributed by atoms with Crippen LogP contribution < -0.4 is 10.2 Å². The Morgan fingerprint density at radius 1 is 1.30 bits per heavy atom. The van der Waals surface area contributed by atoms with Crippen molar-refractivity contribution < 1.29 is 13.2 Å². The van der Waals surface area contributed by atoms with E-state index < -0.39 is 12.0 Å². The first-order valence-corrected chi connectivity index (χ1v) is 6.73. The molecule has 0 radical (unpaired) electrons. The zero-order chi connectivity index (χ0) is 14.9. The van der Waals surface area contributed by atoms with Crippen LogP contribution in [0.15, 0.2) is 6.07 Å². The highest BCUT2D eigenvalue weighted by Gasteiger charge is 2.36. The maximum atomic E-state index is 12.9. The first kappa shape index (κ1) is 14.9. The monoisotopic (exact) mass is 288 g/mol. The van der Waals surface area contributed by atoms with Gasteiger partial charge < -0.3 is 10.2 Å². The lowest BCUT2D eigenvalue weighted by molar-refractivity contribution is -0.144. The molecule has 0 aromatic carbocycles. The molecule has 4 nitrogen and oxygen atoms in total. The number of alkyl halides is 3. The summed E-state index contributed by atoms with van der Waals surface area (Å²) < 4.78 is 38.6. The summed E-state index contributed by atoms with van der Waals surface area (Å²) in [5.41, 5.74) is 0. The smallest absolute Gasteiger partial charge is 0.373 e. The topological polar surface area (TPSA) is 41.0 Å². The molecular formula is C13H19F3N4. The highest BCUT2D eigenvalue weighted by atomic mass is 19.4. The number of halogens is 3. The predicted octanol–water partition coefficient (Wildman–Crippen LogP) is 3.16. The molecule has 1 aromatic rings. The Hall–Kier alpha value is -1.53. The molecule has 1 saturated heterocycles. The average molecular weight is 288 g/mol. The summed E-state index contributed by atoms with van der Waals surface area (Å²) in [6, 6.07) is 1.74. The van der Waals surface area contributed by atoms with Gasteiger partial charge in [-0.15, -0.1) is 0 Å². The largest absolute Gasteiger partial charge is 0.451 e. The van der Waals surface area contributed by atoms with Crippen molar-refractivity contribution in [2.75, 3.05) is 23.8 Å². The van der Waals surface area contributed by atoms with Gasteiger partial charge in [0.2, 0.25) is 5.82 Å². The molecule has 20 heavy (non-hydrogen) atoms. The fraction of sp³-hybridized carbons (Fsp3) is 0.692. The van der Waals surface area contributed by atoms with Crippen LogP contribution in [0.25, 0.3) is 0 Å². The van der Waals surface area contributed by atoms with Crippen LogP contribution >= 0.6 is 0 Å². The van der Waals surface area contributed by atoms with E-state index >= 15 is 0 Å². The second-order valence-electron chi connectivity index (χ2n) is 5.24. The van der Waals surface area contributed by atoms with Crippen LogP contribution in [0.3, 0.4) is 0 Å². The van der Waals surface area contributed by atoms with Crippen molar-refractivity contribution >= 4 is 11.6 Å². The Kier molecular flexibility index (Phi) is 4.06. The van der Waals surface area contributed by atoms with E-state index in [1.54, 1.807) is 13.1 Å². The zero-order valence-electron chi connectivity index (χ0n) is 11.8. The van der Waals surface area contributed by atoms with Gasteiger partial charge in [-0.1, -0.05) is 6.92 Å². The number of hydrogen-bond donors (Lipinski definition) is 1. The SMILES string of the molecule is CNc1cc(N2CCCC(C)C2C)nc(C(F)(F)F)n1. The molecule has 7 heteroatoms. The molecule has 0 spiro atoms. The molecule has 1 N–H and O–H groups in total. The standard InChI is InChI=1S/C13H19F3N4/c1-8-5-4-6-20(9(8)2)11-7-10(17-3)18-12(19-11)13(14,15)16/h7-9H,4-6H2,1-3H3,(H,17,18,19). The second kappa shape index (κ2) is 5.46. The summed E-state index contributed by atoms with van der Waals surface area (Å²) in [5.74, 6) is -0.126. The van der Waals surface area contributed by atoms with Crippen molar-refractivity contribution in [2.45, 2.75) is 38.9 Å². The van der Waals surface area contributed by atoms with Crippen LogP contribution in [0.4, 0.5) is 24.8 Å². The highest BCUT2D eigenvalue weighted by Crippen LogP contribution is 2.32. The summed E-state index contributed by atoms with van der Waals surface area (Å²) in [4.78, 5) is 9.14. The number of nitrogens with one attached hydrogen (secondary N) is 1. The van der Waals surface area contributed by atoms with Crippen molar-refractivity contribution in [1.29, 1.82) is 0 Å². The molecule has 1 aliphatic heterocycles. The first-order chi connectivity index (χ1) is 9.32. The van der Waals surface area contributed by atoms with Crippen molar-refractivity contribution in [1.82, 2.24) is 9.97 Å². The van der Waals surface area contributed by atoms with Crippen molar-refractivity contribution in [2.24, 2.45) is 5.92 Å². The number of anilines is 2. The van der Waals surface area contributed by atoms with Crippen LogP contribution in [0.1, 0.15) is 32.5 Å². The third-order valence-electron chi connectivity index (χ3n) is 3.89. The minimum Gasteiger partial charge on any atom is -0.373 e. The quantitative estimate of drug-likeness (QED) is 0.907. The van der Waals surface area contributed by atoms with Gasteiger partial charge in [0.25, 0.3) is 0 Å². The summed E-state index contributed by atoms with van der Waals surface area (Å²) in [6.07, 6.45) is -2.48. The van der Waals surface area contributed by atoms with Gasteiger partial charge in [-0.3, -0.25) is 0 Å². The molecular weight excluding hydrogens is 269 g/mol. The Labute approximate surface area is 116 Å². The van der Waals surface area contributed by atoms with E-state index in [-0.39, 0.29) is 11.9 Å². The summed E-state index contributed by atoms with van der Waals surface area (Å²) >= 11 is 0. The third kappa shape index (κ3) is 2.96. The van der Waals surface area contributed by atoms with E-state index in [9.17, 15) is 13.2 Å². The Bertz CT molecular complexity index is 475. The Balaban J connectivity index is 2.40. The van der Waals surface area contributed by atoms with Crippen molar-refractivity contribution in [3.63, 3.8) is 0 Å². The molecule has 2 heterocycles. The normalized spacial score (nSPS) is 23.8. The molecule has 1 aromatic heterocycles. The highest BCUT2D eigenvalue weighted by molar-refractivity contribution is 5.50. The van der Waals surface area contributed by atoms with E-state index in [0.717, 1.165) is 19.4 Å². The zero-order valence-corrected chi connectivity index (χ0v) is 11.8. The fourth-order valence-corrected chi connectivity index (χ4v) is 2.50. The van der Waals surface area contributed by atoms with Gasteiger partial charge in [0, 0.05) is 25.7 Å². The molecule has 2 rings (SSSR count). The predicted molar refractivity (Wildman–Crippen MR) is 71.8 cm³/mol. The molecule has 112 valence electrons. The Morgan fingerprint density at radius 2 is 2.00 bits per heavy atom. The number of nitrogens with zero attached hydrogens (tertiary/aromatic N) is 3. The van der Waals surface area contributed by atoms with Gasteiger partial charge in [0.15, 0.2) is 0 Å². The minimum absolute atomic E-state index is 0.171. The third-order valence-corrected chi connectivity index (χ3v) is 3.89. The van der Waals surface area contributed by atoms with Gasteiger partial charge in [0.1, 0.15) is 11.6 Å². The number of piperidine rings is 1. The number of hydrogen-bond acceptors (Lipinski definition) is 4. The van der Waals surface area contributed by atoms with Crippen molar-refractivity contribution in [3.05, 3.63) is 11.9 Å². The number of aromatic nitrogens is 2. The van der Waals surface area contributed by atoms with Crippen LogP contribution in [0.2, 0.25) is 0 Å². The lowest BCUT2D eigenvalue weighted by Gasteiger charge is -2.39. The molecule has 1 fully saturated rings. The van der Waals surface area contributed by atoms with Gasteiger partial charge in [-0.25, -0.2) is 9.97 Å². The summed E-state index contributed by atoms with van der Waals surface area (Å²) in [7, 11) is 1.55. The maximum Gasteiger partial charge on any atom is 0.451 e. The van der Waals surface area contributed by atoms with E-state index in [2.05, 4.69) is 22.2 Å². The fourth-order valence-electron chi connectivity index (χ4n) is 2.50. The number of rotatable bonds is 2. The minimum atomic E-state index is -4.54. The molecule has 2 unspecified atom stereocenters. The lowest BCUT2D eigenvalue weighted by atomic mass is 9.92. The summed E-state index contributed by atoms with van der Waals surface area (Å²) in [6.45, 7) is 4.86. The van der Waals surface area contributed by atoms with E-state index in [1.165, 1.54) is 0 Å².